The molecule has 0 N–H and O–H groups in total. The topological polar surface area (TPSA) is 51.2 Å². The van der Waals surface area contributed by atoms with Crippen LogP contribution < -0.4 is 14.2 Å². The Balaban J connectivity index is 1.27. The van der Waals surface area contributed by atoms with Crippen LogP contribution in [0.5, 0.6) is 17.2 Å². The zero-order valence-corrected chi connectivity index (χ0v) is 22.5. The normalized spacial score (nSPS) is 13.8. The lowest BCUT2D eigenvalue weighted by Crippen LogP contribution is -2.49. The Kier molecular flexibility index (Phi) is 8.44. The summed E-state index contributed by atoms with van der Waals surface area (Å²) in [6.07, 6.45) is 0. The van der Waals surface area contributed by atoms with Crippen LogP contribution in [0.1, 0.15) is 33.1 Å². The van der Waals surface area contributed by atoms with E-state index >= 15 is 0 Å². The number of nitrogens with zero attached hydrogens (tertiary/aromatic N) is 2. The molecule has 1 saturated heterocycles. The number of ether oxygens (including phenoxy) is 3. The highest BCUT2D eigenvalue weighted by molar-refractivity contribution is 5.94. The molecular formula is C33H34N2O4. The predicted octanol–water partition coefficient (Wildman–Crippen LogP) is 5.83. The van der Waals surface area contributed by atoms with Gasteiger partial charge in [-0.3, -0.25) is 9.69 Å². The lowest BCUT2D eigenvalue weighted by Gasteiger charge is -2.40. The van der Waals surface area contributed by atoms with Gasteiger partial charge in [0.15, 0.2) is 0 Å². The van der Waals surface area contributed by atoms with E-state index in [-0.39, 0.29) is 11.9 Å². The molecule has 1 heterocycles. The Morgan fingerprint density at radius 2 is 1.31 bits per heavy atom. The molecule has 0 aromatic heterocycles. The zero-order chi connectivity index (χ0) is 27.0. The molecule has 1 aliphatic heterocycles. The largest absolute Gasteiger partial charge is 0.497 e. The maximum atomic E-state index is 13.5. The monoisotopic (exact) mass is 522 g/mol. The summed E-state index contributed by atoms with van der Waals surface area (Å²) < 4.78 is 16.7. The highest BCUT2D eigenvalue weighted by Gasteiger charge is 2.28. The van der Waals surface area contributed by atoms with Gasteiger partial charge in [0, 0.05) is 37.3 Å². The summed E-state index contributed by atoms with van der Waals surface area (Å²) >= 11 is 0. The summed E-state index contributed by atoms with van der Waals surface area (Å²) in [6, 6.07) is 34.3. The van der Waals surface area contributed by atoms with Crippen molar-refractivity contribution in [3.05, 3.63) is 125 Å². The molecule has 0 bridgehead atoms. The second-order valence-electron chi connectivity index (χ2n) is 9.54. The van der Waals surface area contributed by atoms with Gasteiger partial charge in [-0.2, -0.15) is 0 Å². The fourth-order valence-electron chi connectivity index (χ4n) is 5.11. The van der Waals surface area contributed by atoms with Crippen LogP contribution in [0.2, 0.25) is 0 Å². The molecule has 200 valence electrons. The number of carbonyl (C=O) groups is 1. The standard InChI is InChI=1S/C33H34N2O4/c1-37-29-14-16-30(17-15-29)39-24-28-23-27(13-18-31(28)38-2)33(36)35-21-19-34(20-22-35)32(25-9-5-3-6-10-25)26-11-7-4-8-12-26/h3-18,23,32H,19-22,24H2,1-2H3. The fourth-order valence-corrected chi connectivity index (χ4v) is 5.11. The SMILES string of the molecule is COc1ccc(OCc2cc(C(=O)N3CCN(C(c4ccccc4)c4ccccc4)CC3)ccc2OC)cc1. The maximum absolute atomic E-state index is 13.5. The lowest BCUT2D eigenvalue weighted by atomic mass is 9.96. The van der Waals surface area contributed by atoms with Crippen LogP contribution >= 0.6 is 0 Å². The van der Waals surface area contributed by atoms with Gasteiger partial charge in [0.05, 0.1) is 20.3 Å². The lowest BCUT2D eigenvalue weighted by molar-refractivity contribution is 0.0597. The molecule has 0 saturated carbocycles. The van der Waals surface area contributed by atoms with Gasteiger partial charge < -0.3 is 19.1 Å². The summed E-state index contributed by atoms with van der Waals surface area (Å²) in [6.45, 7) is 3.21. The molecule has 0 atom stereocenters. The smallest absolute Gasteiger partial charge is 0.253 e. The maximum Gasteiger partial charge on any atom is 0.253 e. The van der Waals surface area contributed by atoms with Gasteiger partial charge >= 0.3 is 0 Å². The van der Waals surface area contributed by atoms with Crippen molar-refractivity contribution in [3.63, 3.8) is 0 Å². The summed E-state index contributed by atoms with van der Waals surface area (Å²) in [5, 5.41) is 0. The van der Waals surface area contributed by atoms with Crippen molar-refractivity contribution in [2.24, 2.45) is 0 Å². The number of rotatable bonds is 9. The van der Waals surface area contributed by atoms with Crippen molar-refractivity contribution >= 4 is 5.91 Å². The van der Waals surface area contributed by atoms with Crippen LogP contribution in [0, 0.1) is 0 Å². The number of hydrogen-bond donors (Lipinski definition) is 0. The molecule has 0 unspecified atom stereocenters. The minimum absolute atomic E-state index is 0.0268. The fraction of sp³-hybridized carbons (Fsp3) is 0.242. The van der Waals surface area contributed by atoms with Gasteiger partial charge in [0.1, 0.15) is 23.9 Å². The van der Waals surface area contributed by atoms with Crippen LogP contribution in [-0.2, 0) is 6.61 Å². The number of piperazine rings is 1. The van der Waals surface area contributed by atoms with E-state index in [1.165, 1.54) is 11.1 Å². The molecule has 6 nitrogen and oxygen atoms in total. The van der Waals surface area contributed by atoms with Crippen LogP contribution in [0.3, 0.4) is 0 Å². The van der Waals surface area contributed by atoms with Crippen LogP contribution in [0.15, 0.2) is 103 Å². The van der Waals surface area contributed by atoms with E-state index in [0.717, 1.165) is 30.2 Å². The molecule has 4 aromatic carbocycles. The van der Waals surface area contributed by atoms with E-state index in [0.29, 0.717) is 31.0 Å². The van der Waals surface area contributed by atoms with Crippen molar-refractivity contribution < 1.29 is 19.0 Å². The third-order valence-corrected chi connectivity index (χ3v) is 7.18. The average Bonchev–Trinajstić information content (AvgIpc) is 3.01. The van der Waals surface area contributed by atoms with Gasteiger partial charge in [0.2, 0.25) is 0 Å². The molecule has 1 amide bonds. The van der Waals surface area contributed by atoms with Gasteiger partial charge in [-0.05, 0) is 53.6 Å². The Bertz CT molecular complexity index is 1310. The van der Waals surface area contributed by atoms with Gasteiger partial charge in [-0.25, -0.2) is 0 Å². The first-order valence-corrected chi connectivity index (χ1v) is 13.2. The van der Waals surface area contributed by atoms with Crippen molar-refractivity contribution in [1.29, 1.82) is 0 Å². The first kappa shape index (κ1) is 26.3. The summed E-state index contributed by atoms with van der Waals surface area (Å²) in [5.41, 5.74) is 3.99. The minimum atomic E-state index is 0.0268. The van der Waals surface area contributed by atoms with Crippen LogP contribution in [0.25, 0.3) is 0 Å². The van der Waals surface area contributed by atoms with Crippen molar-refractivity contribution in [3.8, 4) is 17.2 Å². The molecule has 39 heavy (non-hydrogen) atoms. The second-order valence-corrected chi connectivity index (χ2v) is 9.54. The summed E-state index contributed by atoms with van der Waals surface area (Å²) in [4.78, 5) is 17.9. The molecule has 6 heteroatoms. The number of carbonyl (C=O) groups excluding carboxylic acids is 1. The molecule has 1 aliphatic rings. The zero-order valence-electron chi connectivity index (χ0n) is 22.5. The van der Waals surface area contributed by atoms with E-state index in [1.807, 2.05) is 59.5 Å². The first-order chi connectivity index (χ1) is 19.2. The Morgan fingerprint density at radius 3 is 1.87 bits per heavy atom. The Morgan fingerprint density at radius 1 is 0.718 bits per heavy atom. The molecule has 0 radical (unpaired) electrons. The van der Waals surface area contributed by atoms with Crippen molar-refractivity contribution in [2.45, 2.75) is 12.6 Å². The van der Waals surface area contributed by atoms with Gasteiger partial charge in [-0.1, -0.05) is 60.7 Å². The van der Waals surface area contributed by atoms with Crippen molar-refractivity contribution in [1.82, 2.24) is 9.80 Å². The predicted molar refractivity (Wildman–Crippen MR) is 153 cm³/mol. The van der Waals surface area contributed by atoms with Gasteiger partial charge in [-0.15, -0.1) is 0 Å². The molecule has 0 aliphatic carbocycles. The minimum Gasteiger partial charge on any atom is -0.497 e. The number of hydrogen-bond acceptors (Lipinski definition) is 5. The third kappa shape index (κ3) is 6.24. The molecular weight excluding hydrogens is 488 g/mol. The summed E-state index contributed by atoms with van der Waals surface area (Å²) in [5.74, 6) is 2.21. The van der Waals surface area contributed by atoms with Crippen molar-refractivity contribution in [2.75, 3.05) is 40.4 Å². The number of methoxy groups -OCH3 is 2. The van der Waals surface area contributed by atoms with E-state index in [2.05, 4.69) is 53.4 Å². The van der Waals surface area contributed by atoms with Crippen LogP contribution in [0.4, 0.5) is 0 Å². The van der Waals surface area contributed by atoms with E-state index in [9.17, 15) is 4.79 Å². The highest BCUT2D eigenvalue weighted by Crippen LogP contribution is 2.30. The average molecular weight is 523 g/mol. The molecule has 1 fully saturated rings. The van der Waals surface area contributed by atoms with Crippen LogP contribution in [-0.4, -0.2) is 56.1 Å². The molecule has 4 aromatic rings. The number of benzene rings is 4. The molecule has 5 rings (SSSR count). The van der Waals surface area contributed by atoms with E-state index in [4.69, 9.17) is 14.2 Å². The van der Waals surface area contributed by atoms with Gasteiger partial charge in [0.25, 0.3) is 5.91 Å². The van der Waals surface area contributed by atoms with E-state index in [1.54, 1.807) is 14.2 Å². The Labute approximate surface area is 230 Å². The Hall–Kier alpha value is -4.29. The summed E-state index contributed by atoms with van der Waals surface area (Å²) in [7, 11) is 3.26. The quantitative estimate of drug-likeness (QED) is 0.277. The first-order valence-electron chi connectivity index (χ1n) is 13.2. The highest BCUT2D eigenvalue weighted by atomic mass is 16.5. The second kappa shape index (κ2) is 12.5. The van der Waals surface area contributed by atoms with E-state index < -0.39 is 0 Å². The third-order valence-electron chi connectivity index (χ3n) is 7.18. The number of amides is 1. The molecule has 0 spiro atoms.